The lowest BCUT2D eigenvalue weighted by atomic mass is 9.84. The molecule has 1 saturated carbocycles. The summed E-state index contributed by atoms with van der Waals surface area (Å²) in [7, 11) is 0. The van der Waals surface area contributed by atoms with Crippen molar-refractivity contribution >= 4 is 17.4 Å². The Morgan fingerprint density at radius 3 is 2.19 bits per heavy atom. The third-order valence-electron chi connectivity index (χ3n) is 9.36. The highest BCUT2D eigenvalue weighted by atomic mass is 16.5. The minimum absolute atomic E-state index is 0.184. The van der Waals surface area contributed by atoms with E-state index in [9.17, 15) is 9.59 Å². The molecule has 2 aromatic rings. The van der Waals surface area contributed by atoms with Crippen LogP contribution in [0.25, 0.3) is 0 Å². The summed E-state index contributed by atoms with van der Waals surface area (Å²) in [4.78, 5) is 31.5. The van der Waals surface area contributed by atoms with Gasteiger partial charge in [0.05, 0.1) is 6.61 Å². The summed E-state index contributed by atoms with van der Waals surface area (Å²) < 4.78 is 6.03. The molecule has 1 saturated heterocycles. The second kappa shape index (κ2) is 16.6. The number of ketones is 1. The van der Waals surface area contributed by atoms with Gasteiger partial charge in [-0.25, -0.2) is 4.79 Å². The highest BCUT2D eigenvalue weighted by Gasteiger charge is 2.48. The van der Waals surface area contributed by atoms with Crippen LogP contribution in [0.2, 0.25) is 0 Å². The molecule has 5 heteroatoms. The molecule has 0 radical (unpaired) electrons. The SMILES string of the molecule is C=C(CC)N(c1ccccc1)C1(C(=O)OCCCC(=O)CC2CCCCCCC2)CCN(CCc2ccccc2)CC1. The van der Waals surface area contributed by atoms with Crippen LogP contribution in [0.15, 0.2) is 72.9 Å². The van der Waals surface area contributed by atoms with E-state index in [0.29, 0.717) is 43.8 Å². The standard InChI is InChI=1S/C37H52N2O3/c1-3-31(2)39(34-20-13-8-14-21-34)37(24-27-38(28-25-37)26-23-32-16-11-7-12-17-32)36(41)42-29-15-22-35(40)30-33-18-9-5-4-6-10-19-33/h7-8,11-14,16-17,20-21,33H,2-6,9-10,15,18-19,22-30H2,1H3. The van der Waals surface area contributed by atoms with E-state index in [-0.39, 0.29) is 12.6 Å². The normalized spacial score (nSPS) is 18.0. The van der Waals surface area contributed by atoms with Crippen molar-refractivity contribution in [3.8, 4) is 0 Å². The van der Waals surface area contributed by atoms with Gasteiger partial charge in [0.2, 0.25) is 0 Å². The molecule has 0 spiro atoms. The van der Waals surface area contributed by atoms with E-state index >= 15 is 0 Å². The van der Waals surface area contributed by atoms with E-state index in [1.54, 1.807) is 0 Å². The maximum absolute atomic E-state index is 14.1. The van der Waals surface area contributed by atoms with E-state index in [1.165, 1.54) is 50.5 Å². The number of piperidine rings is 1. The van der Waals surface area contributed by atoms with Crippen molar-refractivity contribution in [1.29, 1.82) is 0 Å². The number of hydrogen-bond acceptors (Lipinski definition) is 5. The van der Waals surface area contributed by atoms with Crippen LogP contribution in [0.1, 0.15) is 96.0 Å². The summed E-state index contributed by atoms with van der Waals surface area (Å²) in [5, 5.41) is 0. The second-order valence-electron chi connectivity index (χ2n) is 12.4. The lowest BCUT2D eigenvalue weighted by Crippen LogP contribution is -2.60. The summed E-state index contributed by atoms with van der Waals surface area (Å²) in [5.41, 5.74) is 2.43. The van der Waals surface area contributed by atoms with Gasteiger partial charge in [-0.05, 0) is 55.7 Å². The van der Waals surface area contributed by atoms with Gasteiger partial charge in [-0.3, -0.25) is 4.79 Å². The Morgan fingerprint density at radius 1 is 0.929 bits per heavy atom. The Bertz CT molecular complexity index is 1100. The molecule has 5 nitrogen and oxygen atoms in total. The highest BCUT2D eigenvalue weighted by molar-refractivity contribution is 5.87. The fourth-order valence-corrected chi connectivity index (χ4v) is 6.80. The zero-order valence-electron chi connectivity index (χ0n) is 25.9. The Hall–Kier alpha value is -2.92. The van der Waals surface area contributed by atoms with Gasteiger partial charge < -0.3 is 14.5 Å². The van der Waals surface area contributed by atoms with Gasteiger partial charge in [-0.1, -0.05) is 107 Å². The molecule has 4 rings (SSSR count). The number of para-hydroxylation sites is 1. The molecule has 1 aliphatic heterocycles. The van der Waals surface area contributed by atoms with Crippen molar-refractivity contribution < 1.29 is 14.3 Å². The second-order valence-corrected chi connectivity index (χ2v) is 12.4. The zero-order valence-corrected chi connectivity index (χ0v) is 25.9. The van der Waals surface area contributed by atoms with Crippen molar-refractivity contribution in [1.82, 2.24) is 4.90 Å². The first kappa shape index (κ1) is 32.0. The first-order chi connectivity index (χ1) is 20.5. The molecule has 42 heavy (non-hydrogen) atoms. The van der Waals surface area contributed by atoms with E-state index in [1.807, 2.05) is 18.2 Å². The summed E-state index contributed by atoms with van der Waals surface area (Å²) in [5.74, 6) is 0.676. The third-order valence-corrected chi connectivity index (χ3v) is 9.36. The van der Waals surface area contributed by atoms with Crippen molar-refractivity contribution in [3.05, 3.63) is 78.5 Å². The minimum atomic E-state index is -0.805. The Kier molecular flexibility index (Phi) is 12.7. The average molecular weight is 573 g/mol. The van der Waals surface area contributed by atoms with E-state index in [0.717, 1.165) is 43.9 Å². The topological polar surface area (TPSA) is 49.9 Å². The van der Waals surface area contributed by atoms with Crippen LogP contribution >= 0.6 is 0 Å². The summed E-state index contributed by atoms with van der Waals surface area (Å²) in [6.45, 7) is 9.39. The maximum atomic E-state index is 14.1. The molecular formula is C37H52N2O3. The van der Waals surface area contributed by atoms with Crippen LogP contribution in [0.4, 0.5) is 5.69 Å². The molecule has 0 unspecified atom stereocenters. The molecule has 0 amide bonds. The van der Waals surface area contributed by atoms with Crippen molar-refractivity contribution in [2.75, 3.05) is 31.1 Å². The lowest BCUT2D eigenvalue weighted by molar-refractivity contribution is -0.152. The van der Waals surface area contributed by atoms with Gasteiger partial charge in [0.15, 0.2) is 0 Å². The fourth-order valence-electron chi connectivity index (χ4n) is 6.80. The van der Waals surface area contributed by atoms with Crippen molar-refractivity contribution in [2.45, 2.75) is 102 Å². The first-order valence-electron chi connectivity index (χ1n) is 16.5. The summed E-state index contributed by atoms with van der Waals surface area (Å²) in [6, 6.07) is 20.7. The Morgan fingerprint density at radius 2 is 1.55 bits per heavy atom. The molecule has 2 aromatic carbocycles. The molecule has 2 aliphatic rings. The lowest BCUT2D eigenvalue weighted by Gasteiger charge is -2.48. The van der Waals surface area contributed by atoms with Crippen molar-refractivity contribution in [3.63, 3.8) is 0 Å². The van der Waals surface area contributed by atoms with Crippen LogP contribution in [0, 0.1) is 5.92 Å². The third kappa shape index (κ3) is 9.04. The molecular weight excluding hydrogens is 520 g/mol. The molecule has 228 valence electrons. The molecule has 0 atom stereocenters. The summed E-state index contributed by atoms with van der Waals surface area (Å²) >= 11 is 0. The number of Topliss-reactive ketones (excluding diaryl/α,β-unsaturated/α-hetero) is 1. The predicted molar refractivity (Wildman–Crippen MR) is 173 cm³/mol. The smallest absolute Gasteiger partial charge is 0.332 e. The molecule has 0 aromatic heterocycles. The van der Waals surface area contributed by atoms with Gasteiger partial charge in [0.1, 0.15) is 11.3 Å². The Balaban J connectivity index is 1.38. The number of allylic oxidation sites excluding steroid dienone is 1. The zero-order chi connectivity index (χ0) is 29.6. The van der Waals surface area contributed by atoms with E-state index in [4.69, 9.17) is 4.74 Å². The van der Waals surface area contributed by atoms with Gasteiger partial charge in [-0.15, -0.1) is 0 Å². The molecule has 0 N–H and O–H groups in total. The quantitative estimate of drug-likeness (QED) is 0.169. The number of carbonyl (C=O) groups excluding carboxylic acids is 2. The fraction of sp³-hybridized carbons (Fsp3) is 0.568. The molecule has 2 fully saturated rings. The van der Waals surface area contributed by atoms with Gasteiger partial charge in [-0.2, -0.15) is 0 Å². The Labute approximate surface area is 254 Å². The van der Waals surface area contributed by atoms with Crippen LogP contribution in [-0.2, 0) is 20.7 Å². The van der Waals surface area contributed by atoms with Gasteiger partial charge >= 0.3 is 5.97 Å². The van der Waals surface area contributed by atoms with E-state index < -0.39 is 5.54 Å². The monoisotopic (exact) mass is 572 g/mol. The van der Waals surface area contributed by atoms with Crippen LogP contribution < -0.4 is 4.90 Å². The average Bonchev–Trinajstić information content (AvgIpc) is 3.01. The van der Waals surface area contributed by atoms with Crippen LogP contribution in [-0.4, -0.2) is 48.4 Å². The number of ether oxygens (including phenoxy) is 1. The van der Waals surface area contributed by atoms with Crippen molar-refractivity contribution in [2.24, 2.45) is 5.92 Å². The number of nitrogens with zero attached hydrogens (tertiary/aromatic N) is 2. The number of likely N-dealkylation sites (tertiary alicyclic amines) is 1. The molecule has 1 heterocycles. The maximum Gasteiger partial charge on any atom is 0.332 e. The number of esters is 1. The van der Waals surface area contributed by atoms with E-state index in [2.05, 4.69) is 65.8 Å². The van der Waals surface area contributed by atoms with Gasteiger partial charge in [0.25, 0.3) is 0 Å². The van der Waals surface area contributed by atoms with Crippen LogP contribution in [0.5, 0.6) is 0 Å². The number of hydrogen-bond donors (Lipinski definition) is 0. The highest BCUT2D eigenvalue weighted by Crippen LogP contribution is 2.38. The molecule has 1 aliphatic carbocycles. The number of carbonyl (C=O) groups is 2. The molecule has 0 bridgehead atoms. The van der Waals surface area contributed by atoms with Crippen LogP contribution in [0.3, 0.4) is 0 Å². The number of rotatable bonds is 14. The largest absolute Gasteiger partial charge is 0.464 e. The number of benzene rings is 2. The number of anilines is 1. The van der Waals surface area contributed by atoms with Gasteiger partial charge in [0, 0.05) is 43.9 Å². The minimum Gasteiger partial charge on any atom is -0.464 e. The predicted octanol–water partition coefficient (Wildman–Crippen LogP) is 8.14. The summed E-state index contributed by atoms with van der Waals surface area (Å²) in [6.07, 6.45) is 13.7. The first-order valence-corrected chi connectivity index (χ1v) is 16.5.